The molecule has 0 fully saturated rings. The minimum atomic E-state index is -0.514. The zero-order chi connectivity index (χ0) is 10.3. The van der Waals surface area contributed by atoms with Crippen molar-refractivity contribution < 1.29 is 4.39 Å². The lowest BCUT2D eigenvalue weighted by Crippen LogP contribution is -1.86. The number of rotatable bonds is 1. The third-order valence-electron chi connectivity index (χ3n) is 1.65. The lowest BCUT2D eigenvalue weighted by molar-refractivity contribution is 0.637. The Bertz CT molecular complexity index is 435. The van der Waals surface area contributed by atoms with Gasteiger partial charge in [0.15, 0.2) is 11.6 Å². The smallest absolute Gasteiger partial charge is 0.193 e. The van der Waals surface area contributed by atoms with Gasteiger partial charge in [0.2, 0.25) is 0 Å². The van der Waals surface area contributed by atoms with E-state index in [1.54, 1.807) is 0 Å². The Labute approximate surface area is 99.8 Å². The van der Waals surface area contributed by atoms with Crippen LogP contribution in [-0.2, 0) is 0 Å². The summed E-state index contributed by atoms with van der Waals surface area (Å²) in [5.41, 5.74) is 5.61. The second-order valence-electron chi connectivity index (χ2n) is 2.52. The summed E-state index contributed by atoms with van der Waals surface area (Å²) in [4.78, 5) is 0.735. The van der Waals surface area contributed by atoms with Crippen LogP contribution in [0.2, 0.25) is 0 Å². The van der Waals surface area contributed by atoms with Crippen LogP contribution in [0, 0.1) is 5.82 Å². The topological polar surface area (TPSA) is 54.7 Å². The number of hydrogen-bond acceptors (Lipinski definition) is 3. The van der Waals surface area contributed by atoms with E-state index >= 15 is 0 Å². The van der Waals surface area contributed by atoms with Crippen molar-refractivity contribution in [1.29, 1.82) is 0 Å². The number of H-pyrrole nitrogens is 1. The maximum atomic E-state index is 13.4. The minimum absolute atomic E-state index is 0.114. The number of aromatic nitrogens is 2. The molecule has 3 nitrogen and oxygen atoms in total. The van der Waals surface area contributed by atoms with Crippen LogP contribution >= 0.6 is 43.2 Å². The maximum Gasteiger partial charge on any atom is 0.193 e. The fourth-order valence-corrected chi connectivity index (χ4v) is 3.14. The highest BCUT2D eigenvalue weighted by atomic mass is 79.9. The van der Waals surface area contributed by atoms with Gasteiger partial charge in [-0.15, -0.1) is 11.3 Å². The van der Waals surface area contributed by atoms with Crippen LogP contribution in [0.4, 0.5) is 10.2 Å². The Kier molecular flexibility index (Phi) is 2.63. The Hall–Kier alpha value is -0.400. The number of nitrogens with one attached hydrogen (secondary N) is 1. The second kappa shape index (κ2) is 3.63. The van der Waals surface area contributed by atoms with Crippen LogP contribution in [0.1, 0.15) is 0 Å². The zero-order valence-electron chi connectivity index (χ0n) is 6.64. The summed E-state index contributed by atoms with van der Waals surface area (Å²) in [5, 5.41) is 8.00. The van der Waals surface area contributed by atoms with E-state index in [-0.39, 0.29) is 5.82 Å². The van der Waals surface area contributed by atoms with E-state index < -0.39 is 5.82 Å². The van der Waals surface area contributed by atoms with Gasteiger partial charge in [0.25, 0.3) is 0 Å². The molecule has 0 bridgehead atoms. The number of nitrogen functional groups attached to an aromatic ring is 1. The van der Waals surface area contributed by atoms with Crippen molar-refractivity contribution in [2.75, 3.05) is 5.73 Å². The Morgan fingerprint density at radius 2 is 2.21 bits per heavy atom. The molecule has 0 spiro atoms. The van der Waals surface area contributed by atoms with Gasteiger partial charge in [-0.1, -0.05) is 0 Å². The summed E-state index contributed by atoms with van der Waals surface area (Å²) >= 11 is 8.06. The lowest BCUT2D eigenvalue weighted by Gasteiger charge is -1.93. The van der Waals surface area contributed by atoms with Gasteiger partial charge in [-0.3, -0.25) is 5.10 Å². The molecule has 0 atom stereocenters. The van der Waals surface area contributed by atoms with Gasteiger partial charge >= 0.3 is 0 Å². The predicted octanol–water partition coefficient (Wildman–Crippen LogP) is 3.38. The molecule has 7 heteroatoms. The molecule has 2 heterocycles. The van der Waals surface area contributed by atoms with Crippen molar-refractivity contribution in [2.45, 2.75) is 0 Å². The van der Waals surface area contributed by atoms with E-state index in [1.807, 2.05) is 5.38 Å². The number of anilines is 1. The van der Waals surface area contributed by atoms with Crippen molar-refractivity contribution in [3.05, 3.63) is 20.1 Å². The molecule has 3 N–H and O–H groups in total. The van der Waals surface area contributed by atoms with Gasteiger partial charge in [0.1, 0.15) is 5.69 Å². The first-order chi connectivity index (χ1) is 6.61. The monoisotopic (exact) mass is 339 g/mol. The molecule has 0 saturated heterocycles. The van der Waals surface area contributed by atoms with Gasteiger partial charge in [-0.2, -0.15) is 5.10 Å². The van der Waals surface area contributed by atoms with Crippen molar-refractivity contribution in [3.63, 3.8) is 0 Å². The summed E-state index contributed by atoms with van der Waals surface area (Å²) in [5.74, 6) is -0.628. The molecule has 0 saturated carbocycles. The molecule has 2 aromatic rings. The zero-order valence-corrected chi connectivity index (χ0v) is 10.6. The van der Waals surface area contributed by atoms with Crippen LogP contribution in [-0.4, -0.2) is 10.2 Å². The maximum absolute atomic E-state index is 13.4. The largest absolute Gasteiger partial charge is 0.380 e. The second-order valence-corrected chi connectivity index (χ2v) is 5.05. The first-order valence-electron chi connectivity index (χ1n) is 3.53. The summed E-state index contributed by atoms with van der Waals surface area (Å²) in [7, 11) is 0. The third kappa shape index (κ3) is 1.49. The third-order valence-corrected chi connectivity index (χ3v) is 5.19. The molecule has 0 aromatic carbocycles. The highest BCUT2D eigenvalue weighted by molar-refractivity contribution is 9.13. The summed E-state index contributed by atoms with van der Waals surface area (Å²) in [6, 6.07) is 0. The normalized spacial score (nSPS) is 10.8. The molecule has 14 heavy (non-hydrogen) atoms. The number of hydrogen-bond donors (Lipinski definition) is 2. The average Bonchev–Trinajstić information content (AvgIpc) is 2.63. The summed E-state index contributed by atoms with van der Waals surface area (Å²) in [6.07, 6.45) is 0. The first-order valence-corrected chi connectivity index (χ1v) is 6.00. The van der Waals surface area contributed by atoms with Crippen molar-refractivity contribution in [1.82, 2.24) is 10.2 Å². The van der Waals surface area contributed by atoms with Crippen LogP contribution in [0.25, 0.3) is 10.6 Å². The number of aromatic amines is 1. The minimum Gasteiger partial charge on any atom is -0.380 e. The molecular formula is C7H4Br2FN3S. The molecule has 0 radical (unpaired) electrons. The lowest BCUT2D eigenvalue weighted by atomic mass is 10.3. The molecule has 2 rings (SSSR count). The quantitative estimate of drug-likeness (QED) is 0.836. The van der Waals surface area contributed by atoms with E-state index in [2.05, 4.69) is 42.1 Å². The molecule has 0 aliphatic rings. The van der Waals surface area contributed by atoms with Crippen LogP contribution in [0.3, 0.4) is 0 Å². The van der Waals surface area contributed by atoms with Crippen LogP contribution < -0.4 is 5.73 Å². The standard InChI is InChI=1S/C7H4Br2FN3S/c8-2-1-14-6(3(2)9)5-4(10)7(11)13-12-5/h1H,(H3,11,12,13). The van der Waals surface area contributed by atoms with Crippen molar-refractivity contribution in [2.24, 2.45) is 0 Å². The number of halogens is 3. The number of nitrogens with two attached hydrogens (primary N) is 1. The Morgan fingerprint density at radius 1 is 1.50 bits per heavy atom. The average molecular weight is 341 g/mol. The Balaban J connectivity index is 2.60. The summed E-state index contributed by atoms with van der Waals surface area (Å²) in [6.45, 7) is 0. The van der Waals surface area contributed by atoms with E-state index in [1.165, 1.54) is 11.3 Å². The SMILES string of the molecule is Nc1n[nH]c(-c2scc(Br)c2Br)c1F. The van der Waals surface area contributed by atoms with E-state index in [9.17, 15) is 4.39 Å². The van der Waals surface area contributed by atoms with E-state index in [0.717, 1.165) is 13.8 Å². The van der Waals surface area contributed by atoms with Crippen molar-refractivity contribution >= 4 is 49.0 Å². The van der Waals surface area contributed by atoms with Crippen LogP contribution in [0.5, 0.6) is 0 Å². The van der Waals surface area contributed by atoms with Gasteiger partial charge in [0, 0.05) is 9.85 Å². The molecule has 74 valence electrons. The fraction of sp³-hybridized carbons (Fsp3) is 0. The number of thiophene rings is 1. The molecule has 0 aliphatic heterocycles. The Morgan fingerprint density at radius 3 is 2.64 bits per heavy atom. The molecule has 0 unspecified atom stereocenters. The molecule has 2 aromatic heterocycles. The van der Waals surface area contributed by atoms with Gasteiger partial charge in [0.05, 0.1) is 9.35 Å². The highest BCUT2D eigenvalue weighted by Crippen LogP contribution is 2.40. The molecule has 0 amide bonds. The summed E-state index contributed by atoms with van der Waals surface area (Å²) < 4.78 is 15.1. The van der Waals surface area contributed by atoms with Gasteiger partial charge in [-0.05, 0) is 31.9 Å². The van der Waals surface area contributed by atoms with E-state index in [4.69, 9.17) is 5.73 Å². The van der Waals surface area contributed by atoms with E-state index in [0.29, 0.717) is 5.69 Å². The van der Waals surface area contributed by atoms with Gasteiger partial charge in [-0.25, -0.2) is 4.39 Å². The highest BCUT2D eigenvalue weighted by Gasteiger charge is 2.17. The molecular weight excluding hydrogens is 337 g/mol. The van der Waals surface area contributed by atoms with Gasteiger partial charge < -0.3 is 5.73 Å². The fourth-order valence-electron chi connectivity index (χ4n) is 0.984. The molecule has 0 aliphatic carbocycles. The first kappa shape index (κ1) is 10.1. The number of nitrogens with zero attached hydrogens (tertiary/aromatic N) is 1. The van der Waals surface area contributed by atoms with Crippen LogP contribution in [0.15, 0.2) is 14.3 Å². The predicted molar refractivity (Wildman–Crippen MR) is 61.7 cm³/mol. The van der Waals surface area contributed by atoms with Crippen molar-refractivity contribution in [3.8, 4) is 10.6 Å².